The zero-order valence-electron chi connectivity index (χ0n) is 11.3. The maximum atomic E-state index is 12.4. The molecular formula is C16H15NO4. The Balaban J connectivity index is 2.14. The van der Waals surface area contributed by atoms with E-state index in [0.717, 1.165) is 5.56 Å². The van der Waals surface area contributed by atoms with E-state index in [1.807, 2.05) is 36.4 Å². The number of carbonyl (C=O) groups is 2. The first kappa shape index (κ1) is 14.7. The van der Waals surface area contributed by atoms with Crippen LogP contribution in [-0.4, -0.2) is 11.9 Å². The molecule has 0 aliphatic rings. The molecule has 0 aliphatic heterocycles. The summed E-state index contributed by atoms with van der Waals surface area (Å²) in [6.07, 6.45) is -1.93. The second-order valence-corrected chi connectivity index (χ2v) is 4.42. The van der Waals surface area contributed by atoms with Crippen LogP contribution in [0.5, 0.6) is 0 Å². The summed E-state index contributed by atoms with van der Waals surface area (Å²) in [6.45, 7) is 0. The molecule has 0 heterocycles. The monoisotopic (exact) mass is 285 g/mol. The average Bonchev–Trinajstić information content (AvgIpc) is 2.49. The SMILES string of the molecule is NC(=O)OOC(C(=O)Cc1ccccc1)c1ccccc1. The molecule has 1 unspecified atom stereocenters. The van der Waals surface area contributed by atoms with Crippen molar-refractivity contribution in [3.63, 3.8) is 0 Å². The normalized spacial score (nSPS) is 11.6. The second-order valence-electron chi connectivity index (χ2n) is 4.42. The fourth-order valence-corrected chi connectivity index (χ4v) is 1.91. The summed E-state index contributed by atoms with van der Waals surface area (Å²) in [4.78, 5) is 32.3. The number of benzene rings is 2. The van der Waals surface area contributed by atoms with Crippen molar-refractivity contribution in [1.29, 1.82) is 0 Å². The van der Waals surface area contributed by atoms with Crippen molar-refractivity contribution in [1.82, 2.24) is 0 Å². The molecule has 5 heteroatoms. The van der Waals surface area contributed by atoms with Crippen molar-refractivity contribution in [2.45, 2.75) is 12.5 Å². The number of carbonyl (C=O) groups excluding carboxylic acids is 2. The van der Waals surface area contributed by atoms with Gasteiger partial charge in [0.05, 0.1) is 0 Å². The minimum Gasteiger partial charge on any atom is -0.333 e. The van der Waals surface area contributed by atoms with E-state index in [1.54, 1.807) is 24.3 Å². The Morgan fingerprint density at radius 2 is 1.52 bits per heavy atom. The molecule has 1 atom stereocenters. The van der Waals surface area contributed by atoms with Crippen LogP contribution in [0.25, 0.3) is 0 Å². The molecule has 0 aromatic heterocycles. The Kier molecular flexibility index (Phi) is 5.06. The van der Waals surface area contributed by atoms with Crippen molar-refractivity contribution in [2.24, 2.45) is 5.73 Å². The van der Waals surface area contributed by atoms with Gasteiger partial charge in [0.2, 0.25) is 0 Å². The number of ketones is 1. The van der Waals surface area contributed by atoms with Gasteiger partial charge in [0.1, 0.15) is 0 Å². The van der Waals surface area contributed by atoms with E-state index in [2.05, 4.69) is 4.89 Å². The molecule has 1 amide bonds. The van der Waals surface area contributed by atoms with E-state index < -0.39 is 12.2 Å². The van der Waals surface area contributed by atoms with Crippen molar-refractivity contribution in [3.05, 3.63) is 71.8 Å². The molecule has 2 rings (SSSR count). The highest BCUT2D eigenvalue weighted by Gasteiger charge is 2.24. The number of amides is 1. The molecule has 0 spiro atoms. The Morgan fingerprint density at radius 3 is 2.10 bits per heavy atom. The van der Waals surface area contributed by atoms with Crippen LogP contribution in [0.15, 0.2) is 60.7 Å². The zero-order valence-corrected chi connectivity index (χ0v) is 11.3. The number of Topliss-reactive ketones (excluding diaryl/α,β-unsaturated/α-hetero) is 1. The van der Waals surface area contributed by atoms with Gasteiger partial charge < -0.3 is 5.73 Å². The first-order valence-corrected chi connectivity index (χ1v) is 6.41. The molecule has 0 radical (unpaired) electrons. The molecule has 0 saturated heterocycles. The third-order valence-corrected chi connectivity index (χ3v) is 2.84. The van der Waals surface area contributed by atoms with Gasteiger partial charge in [-0.1, -0.05) is 60.7 Å². The lowest BCUT2D eigenvalue weighted by Crippen LogP contribution is -2.22. The molecule has 0 bridgehead atoms. The number of primary amides is 1. The molecule has 0 fully saturated rings. The molecule has 2 aromatic rings. The van der Waals surface area contributed by atoms with E-state index in [1.165, 1.54) is 0 Å². The number of nitrogens with two attached hydrogens (primary N) is 1. The largest absolute Gasteiger partial charge is 0.436 e. The molecular weight excluding hydrogens is 270 g/mol. The molecule has 108 valence electrons. The lowest BCUT2D eigenvalue weighted by atomic mass is 10.0. The number of hydrogen-bond donors (Lipinski definition) is 1. The predicted molar refractivity (Wildman–Crippen MR) is 76.1 cm³/mol. The first-order valence-electron chi connectivity index (χ1n) is 6.41. The minimum atomic E-state index is -1.09. The standard InChI is InChI=1S/C16H15NO4/c17-16(19)21-20-15(13-9-5-2-6-10-13)14(18)11-12-7-3-1-4-8-12/h1-10,15H,11H2,(H2,17,19). The van der Waals surface area contributed by atoms with Crippen LogP contribution < -0.4 is 5.73 Å². The van der Waals surface area contributed by atoms with E-state index in [9.17, 15) is 9.59 Å². The van der Waals surface area contributed by atoms with Crippen molar-refractivity contribution in [2.75, 3.05) is 0 Å². The quantitative estimate of drug-likeness (QED) is 0.653. The predicted octanol–water partition coefficient (Wildman–Crippen LogP) is 2.57. The summed E-state index contributed by atoms with van der Waals surface area (Å²) in [5.74, 6) is -0.228. The smallest absolute Gasteiger partial charge is 0.333 e. The molecule has 21 heavy (non-hydrogen) atoms. The van der Waals surface area contributed by atoms with E-state index in [4.69, 9.17) is 10.6 Å². The topological polar surface area (TPSA) is 78.6 Å². The second kappa shape index (κ2) is 7.21. The third kappa shape index (κ3) is 4.43. The highest BCUT2D eigenvalue weighted by molar-refractivity contribution is 5.86. The molecule has 0 aliphatic carbocycles. The van der Waals surface area contributed by atoms with E-state index in [-0.39, 0.29) is 12.2 Å². The van der Waals surface area contributed by atoms with Gasteiger partial charge >= 0.3 is 6.09 Å². The van der Waals surface area contributed by atoms with Gasteiger partial charge in [-0.25, -0.2) is 4.79 Å². The van der Waals surface area contributed by atoms with Gasteiger partial charge in [-0.2, -0.15) is 4.89 Å². The maximum absolute atomic E-state index is 12.4. The Hall–Kier alpha value is -2.66. The molecule has 2 N–H and O–H groups in total. The van der Waals surface area contributed by atoms with Gasteiger partial charge in [0.25, 0.3) is 0 Å². The summed E-state index contributed by atoms with van der Waals surface area (Å²) in [5.41, 5.74) is 6.32. The Morgan fingerprint density at radius 1 is 0.952 bits per heavy atom. The van der Waals surface area contributed by atoms with Crippen LogP contribution in [0.1, 0.15) is 17.2 Å². The summed E-state index contributed by atoms with van der Waals surface area (Å²) < 4.78 is 0. The Labute approximate surface area is 122 Å². The summed E-state index contributed by atoms with van der Waals surface area (Å²) in [5, 5.41) is 0. The zero-order chi connectivity index (χ0) is 15.1. The van der Waals surface area contributed by atoms with Gasteiger partial charge in [0.15, 0.2) is 11.9 Å². The van der Waals surface area contributed by atoms with Gasteiger partial charge in [-0.3, -0.25) is 9.68 Å². The highest BCUT2D eigenvalue weighted by atomic mass is 17.2. The molecule has 5 nitrogen and oxygen atoms in total. The van der Waals surface area contributed by atoms with Gasteiger partial charge in [-0.15, -0.1) is 0 Å². The van der Waals surface area contributed by atoms with E-state index in [0.29, 0.717) is 5.56 Å². The van der Waals surface area contributed by atoms with Crippen LogP contribution in [-0.2, 0) is 21.0 Å². The van der Waals surface area contributed by atoms with Crippen LogP contribution in [0, 0.1) is 0 Å². The lowest BCUT2D eigenvalue weighted by Gasteiger charge is -2.14. The summed E-state index contributed by atoms with van der Waals surface area (Å²) >= 11 is 0. The number of hydrogen-bond acceptors (Lipinski definition) is 4. The van der Waals surface area contributed by atoms with Crippen LogP contribution in [0.3, 0.4) is 0 Å². The number of rotatable bonds is 6. The van der Waals surface area contributed by atoms with Gasteiger partial charge in [-0.05, 0) is 11.1 Å². The minimum absolute atomic E-state index is 0.169. The highest BCUT2D eigenvalue weighted by Crippen LogP contribution is 2.20. The summed E-state index contributed by atoms with van der Waals surface area (Å²) in [7, 11) is 0. The lowest BCUT2D eigenvalue weighted by molar-refractivity contribution is -0.266. The van der Waals surface area contributed by atoms with Crippen molar-refractivity contribution < 1.29 is 19.4 Å². The van der Waals surface area contributed by atoms with Crippen molar-refractivity contribution >= 4 is 11.9 Å². The fraction of sp³-hybridized carbons (Fsp3) is 0.125. The fourth-order valence-electron chi connectivity index (χ4n) is 1.91. The van der Waals surface area contributed by atoms with Crippen molar-refractivity contribution in [3.8, 4) is 0 Å². The van der Waals surface area contributed by atoms with Gasteiger partial charge in [0, 0.05) is 6.42 Å². The molecule has 2 aromatic carbocycles. The van der Waals surface area contributed by atoms with Crippen LogP contribution in [0.2, 0.25) is 0 Å². The first-order chi connectivity index (χ1) is 10.2. The van der Waals surface area contributed by atoms with Crippen LogP contribution >= 0.6 is 0 Å². The third-order valence-electron chi connectivity index (χ3n) is 2.84. The van der Waals surface area contributed by atoms with Crippen LogP contribution in [0.4, 0.5) is 4.79 Å². The average molecular weight is 285 g/mol. The Bertz CT molecular complexity index is 598. The van der Waals surface area contributed by atoms with E-state index >= 15 is 0 Å². The summed E-state index contributed by atoms with van der Waals surface area (Å²) in [6, 6.07) is 18.0. The molecule has 0 saturated carbocycles. The maximum Gasteiger partial charge on any atom is 0.436 e.